The second-order valence-corrected chi connectivity index (χ2v) is 6.24. The number of aromatic carboxylic acids is 1. The first kappa shape index (κ1) is 17.5. The average molecular weight is 355 g/mol. The number of carboxylic acids is 1. The third-order valence-corrected chi connectivity index (χ3v) is 4.52. The van der Waals surface area contributed by atoms with E-state index in [0.29, 0.717) is 0 Å². The number of methoxy groups -OCH3 is 2. The molecule has 0 saturated carbocycles. The first-order valence-corrected chi connectivity index (χ1v) is 8.05. The zero-order valence-corrected chi connectivity index (χ0v) is 13.6. The normalized spacial score (nSPS) is 11.0. The Balaban J connectivity index is 2.55. The number of halogens is 1. The van der Waals surface area contributed by atoms with E-state index in [4.69, 9.17) is 14.6 Å². The van der Waals surface area contributed by atoms with Gasteiger partial charge in [-0.25, -0.2) is 17.6 Å². The fourth-order valence-corrected chi connectivity index (χ4v) is 3.28. The molecule has 0 heterocycles. The Bertz CT molecular complexity index is 882. The highest BCUT2D eigenvalue weighted by molar-refractivity contribution is 7.92. The molecule has 0 spiro atoms. The fourth-order valence-electron chi connectivity index (χ4n) is 2.02. The van der Waals surface area contributed by atoms with E-state index in [1.807, 2.05) is 0 Å². The maximum atomic E-state index is 13.7. The van der Waals surface area contributed by atoms with Gasteiger partial charge in [0.05, 0.1) is 19.9 Å². The van der Waals surface area contributed by atoms with Crippen molar-refractivity contribution in [2.24, 2.45) is 0 Å². The molecular weight excluding hydrogens is 341 g/mol. The summed E-state index contributed by atoms with van der Waals surface area (Å²) in [5, 5.41) is 9.08. The van der Waals surface area contributed by atoms with Crippen molar-refractivity contribution in [3.8, 4) is 11.5 Å². The van der Waals surface area contributed by atoms with Crippen LogP contribution in [-0.2, 0) is 10.0 Å². The Hall–Kier alpha value is -2.81. The van der Waals surface area contributed by atoms with Crippen molar-refractivity contribution in [1.82, 2.24) is 0 Å². The maximum Gasteiger partial charge on any atom is 0.340 e. The van der Waals surface area contributed by atoms with Crippen LogP contribution < -0.4 is 14.2 Å². The van der Waals surface area contributed by atoms with Gasteiger partial charge in [-0.2, -0.15) is 0 Å². The van der Waals surface area contributed by atoms with Crippen molar-refractivity contribution in [2.75, 3.05) is 18.9 Å². The lowest BCUT2D eigenvalue weighted by Crippen LogP contribution is -2.17. The van der Waals surface area contributed by atoms with E-state index in [-0.39, 0.29) is 16.4 Å². The topological polar surface area (TPSA) is 102 Å². The van der Waals surface area contributed by atoms with Crippen molar-refractivity contribution >= 4 is 21.7 Å². The van der Waals surface area contributed by atoms with Gasteiger partial charge >= 0.3 is 5.97 Å². The first-order valence-electron chi connectivity index (χ1n) is 6.57. The SMILES string of the molecule is COc1ccc(OC)c(S(=O)(=O)Nc2cccc(F)c2C(=O)O)c1. The summed E-state index contributed by atoms with van der Waals surface area (Å²) in [7, 11) is -1.60. The molecule has 0 aliphatic heterocycles. The van der Waals surface area contributed by atoms with Crippen LogP contribution in [0.1, 0.15) is 10.4 Å². The molecule has 0 bridgehead atoms. The van der Waals surface area contributed by atoms with Crippen LogP contribution in [0.4, 0.5) is 10.1 Å². The second-order valence-electron chi connectivity index (χ2n) is 4.59. The van der Waals surface area contributed by atoms with Crippen LogP contribution in [0.3, 0.4) is 0 Å². The molecule has 0 saturated heterocycles. The van der Waals surface area contributed by atoms with Crippen LogP contribution in [0.15, 0.2) is 41.3 Å². The van der Waals surface area contributed by atoms with Gasteiger partial charge in [-0.3, -0.25) is 4.72 Å². The predicted molar refractivity (Wildman–Crippen MR) is 83.7 cm³/mol. The van der Waals surface area contributed by atoms with Gasteiger partial charge in [0, 0.05) is 6.07 Å². The summed E-state index contributed by atoms with van der Waals surface area (Å²) in [5.74, 6) is -2.37. The molecule has 0 unspecified atom stereocenters. The number of rotatable bonds is 6. The fraction of sp³-hybridized carbons (Fsp3) is 0.133. The number of carboxylic acid groups (broad SMARTS) is 1. The van der Waals surface area contributed by atoms with E-state index >= 15 is 0 Å². The van der Waals surface area contributed by atoms with Gasteiger partial charge in [0.2, 0.25) is 0 Å². The van der Waals surface area contributed by atoms with Crippen molar-refractivity contribution in [1.29, 1.82) is 0 Å². The summed E-state index contributed by atoms with van der Waals surface area (Å²) in [6, 6.07) is 7.37. The molecule has 0 amide bonds. The molecule has 9 heteroatoms. The Morgan fingerprint density at radius 1 is 1.17 bits per heavy atom. The molecular formula is C15H14FNO6S. The van der Waals surface area contributed by atoms with E-state index in [0.717, 1.165) is 12.1 Å². The summed E-state index contributed by atoms with van der Waals surface area (Å²) in [5.41, 5.74) is -1.17. The Morgan fingerprint density at radius 3 is 2.46 bits per heavy atom. The van der Waals surface area contributed by atoms with Gasteiger partial charge in [-0.1, -0.05) is 6.07 Å². The van der Waals surface area contributed by atoms with Gasteiger partial charge in [-0.15, -0.1) is 0 Å². The zero-order chi connectivity index (χ0) is 17.9. The van der Waals surface area contributed by atoms with E-state index in [9.17, 15) is 17.6 Å². The van der Waals surface area contributed by atoms with Gasteiger partial charge in [0.25, 0.3) is 10.0 Å². The number of benzene rings is 2. The van der Waals surface area contributed by atoms with Crippen molar-refractivity contribution in [3.05, 3.63) is 47.8 Å². The molecule has 0 radical (unpaired) electrons. The number of hydrogen-bond acceptors (Lipinski definition) is 5. The highest BCUT2D eigenvalue weighted by atomic mass is 32.2. The van der Waals surface area contributed by atoms with Crippen molar-refractivity contribution in [3.63, 3.8) is 0 Å². The smallest absolute Gasteiger partial charge is 0.340 e. The van der Waals surface area contributed by atoms with Crippen LogP contribution in [0.5, 0.6) is 11.5 Å². The Morgan fingerprint density at radius 2 is 1.88 bits per heavy atom. The monoisotopic (exact) mass is 355 g/mol. The number of sulfonamides is 1. The van der Waals surface area contributed by atoms with Crippen LogP contribution in [0.2, 0.25) is 0 Å². The number of nitrogens with one attached hydrogen (secondary N) is 1. The van der Waals surface area contributed by atoms with E-state index in [1.54, 1.807) is 0 Å². The van der Waals surface area contributed by atoms with Crippen molar-refractivity contribution in [2.45, 2.75) is 4.90 Å². The molecule has 24 heavy (non-hydrogen) atoms. The Labute approximate surface area is 137 Å². The molecule has 2 rings (SSSR count). The molecule has 2 N–H and O–H groups in total. The van der Waals surface area contributed by atoms with Crippen LogP contribution in [-0.4, -0.2) is 33.7 Å². The number of hydrogen-bond donors (Lipinski definition) is 2. The molecule has 128 valence electrons. The molecule has 0 atom stereocenters. The molecule has 7 nitrogen and oxygen atoms in total. The van der Waals surface area contributed by atoms with Gasteiger partial charge in [0.1, 0.15) is 27.8 Å². The lowest BCUT2D eigenvalue weighted by atomic mass is 10.2. The summed E-state index contributed by atoms with van der Waals surface area (Å²) >= 11 is 0. The van der Waals surface area contributed by atoms with Crippen molar-refractivity contribution < 1.29 is 32.2 Å². The molecule has 0 aromatic heterocycles. The standard InChI is InChI=1S/C15H14FNO6S/c1-22-9-6-7-12(23-2)13(8-9)24(20,21)17-11-5-3-4-10(16)14(11)15(18)19/h3-8,17H,1-2H3,(H,18,19). The zero-order valence-electron chi connectivity index (χ0n) is 12.7. The van der Waals surface area contributed by atoms with E-state index in [1.165, 1.54) is 38.5 Å². The van der Waals surface area contributed by atoms with Crippen LogP contribution in [0, 0.1) is 5.82 Å². The molecule has 2 aromatic rings. The number of ether oxygens (including phenoxy) is 2. The molecule has 0 aliphatic rings. The average Bonchev–Trinajstić information content (AvgIpc) is 2.53. The quantitative estimate of drug-likeness (QED) is 0.825. The summed E-state index contributed by atoms with van der Waals surface area (Å²) < 4.78 is 50.9. The van der Waals surface area contributed by atoms with Crippen LogP contribution >= 0.6 is 0 Å². The van der Waals surface area contributed by atoms with E-state index in [2.05, 4.69) is 4.72 Å². The predicted octanol–water partition coefficient (Wildman–Crippen LogP) is 2.34. The van der Waals surface area contributed by atoms with Gasteiger partial charge in [-0.05, 0) is 24.3 Å². The second kappa shape index (κ2) is 6.75. The third kappa shape index (κ3) is 3.40. The van der Waals surface area contributed by atoms with Gasteiger partial charge < -0.3 is 14.6 Å². The summed E-state index contributed by atoms with van der Waals surface area (Å²) in [6.07, 6.45) is 0. The largest absolute Gasteiger partial charge is 0.497 e. The van der Waals surface area contributed by atoms with Crippen LogP contribution in [0.25, 0.3) is 0 Å². The molecule has 2 aromatic carbocycles. The lowest BCUT2D eigenvalue weighted by molar-refractivity contribution is 0.0693. The highest BCUT2D eigenvalue weighted by Gasteiger charge is 2.24. The number of anilines is 1. The first-order chi connectivity index (χ1) is 11.3. The summed E-state index contributed by atoms with van der Waals surface area (Å²) in [4.78, 5) is 10.9. The minimum Gasteiger partial charge on any atom is -0.497 e. The lowest BCUT2D eigenvalue weighted by Gasteiger charge is -2.14. The Kier molecular flexibility index (Phi) is 4.93. The third-order valence-electron chi connectivity index (χ3n) is 3.13. The molecule has 0 fully saturated rings. The van der Waals surface area contributed by atoms with Gasteiger partial charge in [0.15, 0.2) is 0 Å². The molecule has 0 aliphatic carbocycles. The number of carbonyl (C=O) groups is 1. The minimum absolute atomic E-state index is 0.0246. The van der Waals surface area contributed by atoms with E-state index < -0.39 is 33.1 Å². The maximum absolute atomic E-state index is 13.7. The minimum atomic E-state index is -4.25. The highest BCUT2D eigenvalue weighted by Crippen LogP contribution is 2.30. The summed E-state index contributed by atoms with van der Waals surface area (Å²) in [6.45, 7) is 0.